The lowest BCUT2D eigenvalue weighted by Crippen LogP contribution is -2.24. The molecule has 8 heteroatoms. The van der Waals surface area contributed by atoms with Crippen LogP contribution in [0.5, 0.6) is 11.5 Å². The van der Waals surface area contributed by atoms with E-state index in [9.17, 15) is 13.2 Å². The highest BCUT2D eigenvalue weighted by atomic mass is 32.2. The van der Waals surface area contributed by atoms with Gasteiger partial charge in [0.15, 0.2) is 0 Å². The first-order chi connectivity index (χ1) is 12.8. The van der Waals surface area contributed by atoms with Gasteiger partial charge in [0.25, 0.3) is 5.91 Å². The topological polar surface area (TPSA) is 93.7 Å². The zero-order valence-corrected chi connectivity index (χ0v) is 16.6. The molecule has 0 aliphatic heterocycles. The van der Waals surface area contributed by atoms with Gasteiger partial charge in [-0.1, -0.05) is 12.1 Å². The molecule has 2 aromatic rings. The molecule has 0 aromatic heterocycles. The van der Waals surface area contributed by atoms with E-state index in [1.54, 1.807) is 18.2 Å². The second-order valence-electron chi connectivity index (χ2n) is 6.08. The van der Waals surface area contributed by atoms with Gasteiger partial charge in [0.05, 0.1) is 23.7 Å². The molecule has 2 rings (SSSR count). The minimum atomic E-state index is -3.81. The molecular weight excluding hydrogens is 368 g/mol. The van der Waals surface area contributed by atoms with Crippen molar-refractivity contribution < 1.29 is 22.7 Å². The second-order valence-corrected chi connectivity index (χ2v) is 7.85. The van der Waals surface area contributed by atoms with Crippen LogP contribution in [-0.2, 0) is 16.6 Å². The number of ether oxygens (including phenoxy) is 2. The van der Waals surface area contributed by atoms with Crippen LogP contribution in [0.1, 0.15) is 29.8 Å². The molecule has 0 fully saturated rings. The average molecular weight is 392 g/mol. The Hall–Kier alpha value is -2.58. The molecule has 2 aromatic carbocycles. The lowest BCUT2D eigenvalue weighted by molar-refractivity contribution is 0.0960. The Labute approximate surface area is 159 Å². The minimum Gasteiger partial charge on any atom is -0.496 e. The van der Waals surface area contributed by atoms with Gasteiger partial charge >= 0.3 is 0 Å². The summed E-state index contributed by atoms with van der Waals surface area (Å²) in [5, 5.41) is 2.47. The Morgan fingerprint density at radius 2 is 1.89 bits per heavy atom. The molecule has 1 amide bonds. The number of sulfonamides is 1. The number of carbonyl (C=O) groups excluding carboxylic acids is 1. The smallest absolute Gasteiger partial charge is 0.254 e. The largest absolute Gasteiger partial charge is 0.496 e. The molecule has 7 nitrogen and oxygen atoms in total. The third kappa shape index (κ3) is 5.45. The van der Waals surface area contributed by atoms with Gasteiger partial charge < -0.3 is 14.8 Å². The van der Waals surface area contributed by atoms with Crippen LogP contribution in [0.4, 0.5) is 0 Å². The van der Waals surface area contributed by atoms with Crippen molar-refractivity contribution in [3.05, 3.63) is 53.6 Å². The second kappa shape index (κ2) is 8.88. The zero-order chi connectivity index (χ0) is 20.0. The van der Waals surface area contributed by atoms with Crippen molar-refractivity contribution in [1.82, 2.24) is 10.0 Å². The summed E-state index contributed by atoms with van der Waals surface area (Å²) in [4.78, 5) is 11.9. The number of nitrogens with one attached hydrogen (secondary N) is 2. The van der Waals surface area contributed by atoms with E-state index in [-0.39, 0.29) is 23.1 Å². The highest BCUT2D eigenvalue weighted by Gasteiger charge is 2.19. The van der Waals surface area contributed by atoms with Crippen LogP contribution in [-0.4, -0.2) is 34.6 Å². The average Bonchev–Trinajstić information content (AvgIpc) is 2.65. The van der Waals surface area contributed by atoms with Gasteiger partial charge in [-0.3, -0.25) is 4.79 Å². The summed E-state index contributed by atoms with van der Waals surface area (Å²) in [6, 6.07) is 11.3. The van der Waals surface area contributed by atoms with Crippen LogP contribution in [0.15, 0.2) is 47.4 Å². The Morgan fingerprint density at radius 3 is 2.52 bits per heavy atom. The van der Waals surface area contributed by atoms with E-state index in [1.807, 2.05) is 19.9 Å². The van der Waals surface area contributed by atoms with E-state index in [4.69, 9.17) is 9.47 Å². The third-order valence-electron chi connectivity index (χ3n) is 3.69. The summed E-state index contributed by atoms with van der Waals surface area (Å²) >= 11 is 0. The van der Waals surface area contributed by atoms with E-state index in [0.717, 1.165) is 5.56 Å². The molecule has 0 atom stereocenters. The van der Waals surface area contributed by atoms with E-state index >= 15 is 0 Å². The molecule has 0 spiro atoms. The predicted octanol–water partition coefficient (Wildman–Crippen LogP) is 2.32. The fourth-order valence-electron chi connectivity index (χ4n) is 2.43. The molecule has 0 aliphatic carbocycles. The number of hydrogen-bond donors (Lipinski definition) is 2. The molecule has 2 N–H and O–H groups in total. The third-order valence-corrected chi connectivity index (χ3v) is 5.09. The molecular formula is C19H24N2O5S. The maximum atomic E-state index is 12.6. The van der Waals surface area contributed by atoms with E-state index < -0.39 is 15.9 Å². The first-order valence-electron chi connectivity index (χ1n) is 8.42. The monoisotopic (exact) mass is 392 g/mol. The van der Waals surface area contributed by atoms with Gasteiger partial charge in [-0.25, -0.2) is 13.1 Å². The predicted molar refractivity (Wildman–Crippen MR) is 103 cm³/mol. The van der Waals surface area contributed by atoms with Gasteiger partial charge in [0, 0.05) is 13.6 Å². The normalized spacial score (nSPS) is 11.3. The van der Waals surface area contributed by atoms with Crippen molar-refractivity contribution in [3.63, 3.8) is 0 Å². The van der Waals surface area contributed by atoms with Crippen LogP contribution >= 0.6 is 0 Å². The molecule has 27 heavy (non-hydrogen) atoms. The minimum absolute atomic E-state index is 0.0171. The number of benzene rings is 2. The fourth-order valence-corrected chi connectivity index (χ4v) is 3.47. The summed E-state index contributed by atoms with van der Waals surface area (Å²) in [6.45, 7) is 3.94. The van der Waals surface area contributed by atoms with E-state index in [0.29, 0.717) is 11.5 Å². The summed E-state index contributed by atoms with van der Waals surface area (Å²) in [5.41, 5.74) is 0.909. The fraction of sp³-hybridized carbons (Fsp3) is 0.316. The Morgan fingerprint density at radius 1 is 1.15 bits per heavy atom. The summed E-state index contributed by atoms with van der Waals surface area (Å²) in [5.74, 6) is 0.544. The standard InChI is InChI=1S/C19H24N2O5S/c1-13(2)26-15-7-5-6-14(10-15)12-21-27(23,24)16-8-9-18(25-4)17(11-16)19(22)20-3/h5-11,13,21H,12H2,1-4H3,(H,20,22). The Kier molecular flexibility index (Phi) is 6.81. The first kappa shape index (κ1) is 20.7. The lowest BCUT2D eigenvalue weighted by Gasteiger charge is -2.13. The lowest BCUT2D eigenvalue weighted by atomic mass is 10.2. The van der Waals surface area contributed by atoms with Crippen molar-refractivity contribution in [2.45, 2.75) is 31.4 Å². The molecule has 0 unspecified atom stereocenters. The highest BCUT2D eigenvalue weighted by Crippen LogP contribution is 2.23. The van der Waals surface area contributed by atoms with E-state index in [1.165, 1.54) is 32.4 Å². The van der Waals surface area contributed by atoms with Gasteiger partial charge in [-0.05, 0) is 49.7 Å². The number of methoxy groups -OCH3 is 1. The molecule has 0 bridgehead atoms. The van der Waals surface area contributed by atoms with Gasteiger partial charge in [0.2, 0.25) is 10.0 Å². The maximum absolute atomic E-state index is 12.6. The van der Waals surface area contributed by atoms with Crippen LogP contribution in [0.3, 0.4) is 0 Å². The van der Waals surface area contributed by atoms with Crippen molar-refractivity contribution >= 4 is 15.9 Å². The number of amides is 1. The van der Waals surface area contributed by atoms with Gasteiger partial charge in [0.1, 0.15) is 11.5 Å². The number of hydrogen-bond acceptors (Lipinski definition) is 5. The van der Waals surface area contributed by atoms with Gasteiger partial charge in [-0.15, -0.1) is 0 Å². The van der Waals surface area contributed by atoms with Crippen molar-refractivity contribution in [1.29, 1.82) is 0 Å². The summed E-state index contributed by atoms with van der Waals surface area (Å²) in [6.07, 6.45) is 0.0272. The Bertz CT molecular complexity index is 910. The Balaban J connectivity index is 2.21. The number of rotatable bonds is 8. The van der Waals surface area contributed by atoms with Crippen molar-refractivity contribution in [2.75, 3.05) is 14.2 Å². The van der Waals surface area contributed by atoms with Gasteiger partial charge in [-0.2, -0.15) is 0 Å². The summed E-state index contributed by atoms with van der Waals surface area (Å²) < 4.78 is 38.5. The number of carbonyl (C=O) groups is 1. The van der Waals surface area contributed by atoms with Crippen LogP contribution in [0.2, 0.25) is 0 Å². The molecule has 0 aliphatic rings. The quantitative estimate of drug-likeness (QED) is 0.719. The SMILES string of the molecule is CNC(=O)c1cc(S(=O)(=O)NCc2cccc(OC(C)C)c2)ccc1OC. The molecule has 0 radical (unpaired) electrons. The van der Waals surface area contributed by atoms with Crippen molar-refractivity contribution in [2.24, 2.45) is 0 Å². The molecule has 0 saturated carbocycles. The molecule has 146 valence electrons. The molecule has 0 saturated heterocycles. The first-order valence-corrected chi connectivity index (χ1v) is 9.90. The maximum Gasteiger partial charge on any atom is 0.254 e. The highest BCUT2D eigenvalue weighted by molar-refractivity contribution is 7.89. The summed E-state index contributed by atoms with van der Waals surface area (Å²) in [7, 11) is -0.927. The zero-order valence-electron chi connectivity index (χ0n) is 15.8. The van der Waals surface area contributed by atoms with Crippen LogP contribution < -0.4 is 19.5 Å². The van der Waals surface area contributed by atoms with Crippen LogP contribution in [0, 0.1) is 0 Å². The van der Waals surface area contributed by atoms with E-state index in [2.05, 4.69) is 10.0 Å². The van der Waals surface area contributed by atoms with Crippen molar-refractivity contribution in [3.8, 4) is 11.5 Å². The molecule has 0 heterocycles. The van der Waals surface area contributed by atoms with Crippen LogP contribution in [0.25, 0.3) is 0 Å².